The summed E-state index contributed by atoms with van der Waals surface area (Å²) in [5.74, 6) is 0.258. The molecular formula is C30H41BrN4O4. The summed E-state index contributed by atoms with van der Waals surface area (Å²) in [6.45, 7) is 13.2. The molecule has 3 rings (SSSR count). The first-order chi connectivity index (χ1) is 18.3. The number of fused-ring (bicyclic) bond motifs is 1. The Hall–Kier alpha value is -2.94. The molecule has 0 fully saturated rings. The summed E-state index contributed by atoms with van der Waals surface area (Å²) in [5.41, 5.74) is 5.22. The van der Waals surface area contributed by atoms with Gasteiger partial charge in [0, 0.05) is 27.0 Å². The van der Waals surface area contributed by atoms with Gasteiger partial charge in [-0.3, -0.25) is 15.0 Å². The van der Waals surface area contributed by atoms with Crippen LogP contribution in [0.5, 0.6) is 0 Å². The van der Waals surface area contributed by atoms with Crippen LogP contribution in [0.3, 0.4) is 0 Å². The van der Waals surface area contributed by atoms with Crippen molar-refractivity contribution in [1.29, 1.82) is 0 Å². The highest BCUT2D eigenvalue weighted by atomic mass is 79.9. The molecule has 0 aliphatic carbocycles. The number of rotatable bonds is 11. The molecule has 9 heteroatoms. The number of halogens is 1. The SMILES string of the molecule is CCC(CCC(C)CCCc1cc(NN2C(=O)C(C)=C(C)C2=O)nc2cc(Br)ccc12)NC(=O)OC(C)(C)C. The molecule has 2 N–H and O–H groups in total. The second kappa shape index (κ2) is 12.9. The number of hydrogen-bond acceptors (Lipinski definition) is 6. The first kappa shape index (κ1) is 30.6. The highest BCUT2D eigenvalue weighted by Gasteiger charge is 2.34. The van der Waals surface area contributed by atoms with Gasteiger partial charge in [-0.2, -0.15) is 5.01 Å². The zero-order chi connectivity index (χ0) is 28.9. The van der Waals surface area contributed by atoms with E-state index >= 15 is 0 Å². The number of carbonyl (C=O) groups excluding carboxylic acids is 3. The van der Waals surface area contributed by atoms with Crippen LogP contribution in [-0.2, 0) is 20.7 Å². The number of nitrogens with one attached hydrogen (secondary N) is 2. The Morgan fingerprint density at radius 1 is 1.08 bits per heavy atom. The zero-order valence-electron chi connectivity index (χ0n) is 24.1. The lowest BCUT2D eigenvalue weighted by atomic mass is 9.94. The minimum Gasteiger partial charge on any atom is -0.444 e. The van der Waals surface area contributed by atoms with Crippen molar-refractivity contribution in [3.8, 4) is 0 Å². The van der Waals surface area contributed by atoms with Gasteiger partial charge in [-0.1, -0.05) is 42.3 Å². The summed E-state index contributed by atoms with van der Waals surface area (Å²) in [6.07, 6.45) is 5.27. The number of hydrogen-bond donors (Lipinski definition) is 2. The van der Waals surface area contributed by atoms with Crippen LogP contribution in [0, 0.1) is 5.92 Å². The number of ether oxygens (including phenoxy) is 1. The second-order valence-electron chi connectivity index (χ2n) is 11.5. The van der Waals surface area contributed by atoms with Crippen molar-refractivity contribution in [2.45, 2.75) is 98.6 Å². The average molecular weight is 602 g/mol. The number of carbonyl (C=O) groups is 3. The van der Waals surface area contributed by atoms with Crippen LogP contribution in [0.2, 0.25) is 0 Å². The Morgan fingerprint density at radius 2 is 1.74 bits per heavy atom. The zero-order valence-corrected chi connectivity index (χ0v) is 25.7. The number of alkyl carbamates (subject to hydrolysis) is 1. The minimum atomic E-state index is -0.507. The molecular weight excluding hydrogens is 560 g/mol. The molecule has 0 spiro atoms. The molecule has 212 valence electrons. The van der Waals surface area contributed by atoms with Gasteiger partial charge in [0.25, 0.3) is 11.8 Å². The van der Waals surface area contributed by atoms with E-state index in [1.54, 1.807) is 13.8 Å². The smallest absolute Gasteiger partial charge is 0.407 e. The lowest BCUT2D eigenvalue weighted by molar-refractivity contribution is -0.135. The lowest BCUT2D eigenvalue weighted by Crippen LogP contribution is -2.39. The number of benzene rings is 1. The summed E-state index contributed by atoms with van der Waals surface area (Å²) in [4.78, 5) is 41.9. The van der Waals surface area contributed by atoms with E-state index < -0.39 is 5.60 Å². The Labute approximate surface area is 240 Å². The summed E-state index contributed by atoms with van der Waals surface area (Å²) in [5, 5.41) is 5.09. The topological polar surface area (TPSA) is 101 Å². The highest BCUT2D eigenvalue weighted by molar-refractivity contribution is 9.10. The number of nitrogens with zero attached hydrogens (tertiary/aromatic N) is 2. The van der Waals surface area contributed by atoms with Crippen molar-refractivity contribution >= 4 is 50.6 Å². The molecule has 2 aromatic rings. The molecule has 0 saturated carbocycles. The molecule has 2 atom stereocenters. The van der Waals surface area contributed by atoms with Gasteiger partial charge in [-0.25, -0.2) is 9.78 Å². The van der Waals surface area contributed by atoms with E-state index in [-0.39, 0.29) is 23.9 Å². The number of aryl methyl sites for hydroxylation is 1. The predicted octanol–water partition coefficient (Wildman–Crippen LogP) is 7.07. The second-order valence-corrected chi connectivity index (χ2v) is 12.4. The van der Waals surface area contributed by atoms with E-state index in [1.165, 1.54) is 0 Å². The number of anilines is 1. The minimum absolute atomic E-state index is 0.0938. The molecule has 0 radical (unpaired) electrons. The van der Waals surface area contributed by atoms with E-state index in [4.69, 9.17) is 4.74 Å². The van der Waals surface area contributed by atoms with Gasteiger partial charge in [0.1, 0.15) is 11.4 Å². The van der Waals surface area contributed by atoms with Crippen LogP contribution in [0.1, 0.15) is 86.1 Å². The predicted molar refractivity (Wildman–Crippen MR) is 158 cm³/mol. The van der Waals surface area contributed by atoms with E-state index in [9.17, 15) is 14.4 Å². The van der Waals surface area contributed by atoms with Gasteiger partial charge in [0.05, 0.1) is 5.52 Å². The van der Waals surface area contributed by atoms with E-state index in [1.807, 2.05) is 45.0 Å². The number of hydrazine groups is 1. The highest BCUT2D eigenvalue weighted by Crippen LogP contribution is 2.28. The maximum absolute atomic E-state index is 12.6. The maximum Gasteiger partial charge on any atom is 0.407 e. The van der Waals surface area contributed by atoms with Crippen LogP contribution < -0.4 is 10.7 Å². The summed E-state index contributed by atoms with van der Waals surface area (Å²) < 4.78 is 6.31. The molecule has 2 heterocycles. The molecule has 1 aliphatic rings. The van der Waals surface area contributed by atoms with Crippen molar-refractivity contribution in [3.63, 3.8) is 0 Å². The summed E-state index contributed by atoms with van der Waals surface area (Å²) >= 11 is 3.52. The van der Waals surface area contributed by atoms with Crippen LogP contribution >= 0.6 is 15.9 Å². The van der Waals surface area contributed by atoms with Crippen LogP contribution in [-0.4, -0.2) is 39.5 Å². The Bertz CT molecular complexity index is 1240. The summed E-state index contributed by atoms with van der Waals surface area (Å²) in [6, 6.07) is 8.01. The van der Waals surface area contributed by atoms with Crippen molar-refractivity contribution in [2.75, 3.05) is 5.43 Å². The molecule has 1 aliphatic heterocycles. The first-order valence-corrected chi connectivity index (χ1v) is 14.5. The van der Waals surface area contributed by atoms with E-state index in [0.29, 0.717) is 22.9 Å². The number of pyridine rings is 1. The third kappa shape index (κ3) is 8.27. The first-order valence-electron chi connectivity index (χ1n) is 13.7. The van der Waals surface area contributed by atoms with Gasteiger partial charge in [-0.15, -0.1) is 0 Å². The summed E-state index contributed by atoms with van der Waals surface area (Å²) in [7, 11) is 0. The Morgan fingerprint density at radius 3 is 2.36 bits per heavy atom. The molecule has 0 bridgehead atoms. The molecule has 1 aromatic heterocycles. The molecule has 39 heavy (non-hydrogen) atoms. The normalized spacial score (nSPS) is 15.6. The largest absolute Gasteiger partial charge is 0.444 e. The molecule has 3 amide bonds. The molecule has 1 aromatic carbocycles. The van der Waals surface area contributed by atoms with Crippen molar-refractivity contribution in [2.24, 2.45) is 5.92 Å². The number of aromatic nitrogens is 1. The van der Waals surface area contributed by atoms with E-state index in [2.05, 4.69) is 45.5 Å². The molecule has 2 unspecified atom stereocenters. The van der Waals surface area contributed by atoms with Crippen molar-refractivity contribution in [3.05, 3.63) is 45.4 Å². The maximum atomic E-state index is 12.6. The molecule has 8 nitrogen and oxygen atoms in total. The lowest BCUT2D eigenvalue weighted by Gasteiger charge is -2.24. The van der Waals surface area contributed by atoms with Gasteiger partial charge in [0.2, 0.25) is 0 Å². The Balaban J connectivity index is 1.62. The quantitative estimate of drug-likeness (QED) is 0.267. The van der Waals surface area contributed by atoms with E-state index in [0.717, 1.165) is 64.5 Å². The molecule has 0 saturated heterocycles. The van der Waals surface area contributed by atoms with Gasteiger partial charge < -0.3 is 10.1 Å². The standard InChI is InChI=1S/C30H41BrN4O4/c1-8-23(32-29(38)39-30(5,6)7)14-12-18(2)10-9-11-21-16-26(33-25-17-22(31)13-15-24(21)25)34-35-27(36)19(3)20(4)28(35)37/h13,15-18,23H,8-12,14H2,1-7H3,(H,32,38)(H,33,34). The number of amides is 3. The monoisotopic (exact) mass is 600 g/mol. The van der Waals surface area contributed by atoms with Gasteiger partial charge in [0.15, 0.2) is 0 Å². The van der Waals surface area contributed by atoms with Crippen LogP contribution in [0.4, 0.5) is 10.6 Å². The fourth-order valence-electron chi connectivity index (χ4n) is 4.63. The third-order valence-electron chi connectivity index (χ3n) is 7.06. The Kier molecular flexibility index (Phi) is 10.2. The van der Waals surface area contributed by atoms with Gasteiger partial charge in [-0.05, 0) is 96.4 Å². The van der Waals surface area contributed by atoms with Gasteiger partial charge >= 0.3 is 6.09 Å². The average Bonchev–Trinajstić information content (AvgIpc) is 3.03. The van der Waals surface area contributed by atoms with Crippen LogP contribution in [0.25, 0.3) is 10.9 Å². The third-order valence-corrected chi connectivity index (χ3v) is 7.55. The van der Waals surface area contributed by atoms with Crippen molar-refractivity contribution < 1.29 is 19.1 Å². The number of imide groups is 1. The van der Waals surface area contributed by atoms with Crippen LogP contribution in [0.15, 0.2) is 39.9 Å². The van der Waals surface area contributed by atoms with Crippen molar-refractivity contribution in [1.82, 2.24) is 15.3 Å². The fraction of sp³-hybridized carbons (Fsp3) is 0.533. The fourth-order valence-corrected chi connectivity index (χ4v) is 4.97.